The molecule has 2 saturated carbocycles. The van der Waals surface area contributed by atoms with Gasteiger partial charge >= 0.3 is 0 Å². The van der Waals surface area contributed by atoms with E-state index in [1.807, 2.05) is 0 Å². The summed E-state index contributed by atoms with van der Waals surface area (Å²) in [5.41, 5.74) is 6.67. The third kappa shape index (κ3) is 4.03. The quantitative estimate of drug-likeness (QED) is 0.502. The molecule has 0 bridgehead atoms. The van der Waals surface area contributed by atoms with Gasteiger partial charge < -0.3 is 21.1 Å². The van der Waals surface area contributed by atoms with Crippen LogP contribution in [0.3, 0.4) is 0 Å². The summed E-state index contributed by atoms with van der Waals surface area (Å²) in [6.07, 6.45) is 10.4. The first-order chi connectivity index (χ1) is 13.2. The van der Waals surface area contributed by atoms with Gasteiger partial charge in [0, 0.05) is 38.4 Å². The summed E-state index contributed by atoms with van der Waals surface area (Å²) < 4.78 is 5.24. The molecule has 0 aromatic rings. The first kappa shape index (κ1) is 19.6. The predicted octanol–water partition coefficient (Wildman–Crippen LogP) is 0.497. The Morgan fingerprint density at radius 3 is 2.48 bits per heavy atom. The molecular weight excluding hydrogens is 342 g/mol. The van der Waals surface area contributed by atoms with Crippen LogP contribution in [0.4, 0.5) is 0 Å². The van der Waals surface area contributed by atoms with Crippen LogP contribution >= 0.6 is 0 Å². The third-order valence-electron chi connectivity index (χ3n) is 7.16. The number of carbonyl (C=O) groups is 1. The minimum Gasteiger partial charge on any atom is -0.385 e. The van der Waals surface area contributed by atoms with Crippen molar-refractivity contribution in [3.63, 3.8) is 0 Å². The molecule has 0 aromatic carbocycles. The maximum absolute atomic E-state index is 13.2. The van der Waals surface area contributed by atoms with Gasteiger partial charge in [-0.2, -0.15) is 0 Å². The number of fused-ring (bicyclic) bond motifs is 2. The Bertz CT molecular complexity index is 513. The first-order valence-corrected chi connectivity index (χ1v) is 11.0. The molecule has 6 unspecified atom stereocenters. The summed E-state index contributed by atoms with van der Waals surface area (Å²) >= 11 is 0. The van der Waals surface area contributed by atoms with Crippen molar-refractivity contribution in [2.24, 2.45) is 11.7 Å². The van der Waals surface area contributed by atoms with Crippen LogP contribution < -0.4 is 21.7 Å². The Kier molecular flexibility index (Phi) is 6.34. The SMILES string of the molecule is COCCCN1C(N)C(C(=O)NC2CCCC2)C2NC3CCCCC3NC21. The molecule has 27 heavy (non-hydrogen) atoms. The molecule has 0 aromatic heterocycles. The fourth-order valence-electron chi connectivity index (χ4n) is 5.76. The molecule has 2 saturated heterocycles. The van der Waals surface area contributed by atoms with Gasteiger partial charge in [0.25, 0.3) is 0 Å². The lowest BCUT2D eigenvalue weighted by atomic mass is 9.85. The molecule has 1 amide bonds. The first-order valence-electron chi connectivity index (χ1n) is 11.0. The Hall–Kier alpha value is -0.730. The smallest absolute Gasteiger partial charge is 0.227 e. The van der Waals surface area contributed by atoms with Crippen molar-refractivity contribution in [1.82, 2.24) is 20.9 Å². The Balaban J connectivity index is 1.49. The van der Waals surface area contributed by atoms with E-state index in [9.17, 15) is 4.79 Å². The second kappa shape index (κ2) is 8.74. The summed E-state index contributed by atoms with van der Waals surface area (Å²) in [6, 6.07) is 1.38. The van der Waals surface area contributed by atoms with Crippen molar-refractivity contribution in [3.05, 3.63) is 0 Å². The average molecular weight is 380 g/mol. The molecule has 4 fully saturated rings. The highest BCUT2D eigenvalue weighted by atomic mass is 16.5. The summed E-state index contributed by atoms with van der Waals surface area (Å²) in [4.78, 5) is 15.5. The van der Waals surface area contributed by atoms with Crippen molar-refractivity contribution < 1.29 is 9.53 Å². The van der Waals surface area contributed by atoms with E-state index in [1.54, 1.807) is 7.11 Å². The van der Waals surface area contributed by atoms with E-state index in [1.165, 1.54) is 38.5 Å². The van der Waals surface area contributed by atoms with Crippen LogP contribution in [0.25, 0.3) is 0 Å². The average Bonchev–Trinajstić information content (AvgIpc) is 3.26. The van der Waals surface area contributed by atoms with Crippen LogP contribution in [0.2, 0.25) is 0 Å². The molecule has 4 aliphatic rings. The van der Waals surface area contributed by atoms with Crippen LogP contribution in [0, 0.1) is 5.92 Å². The van der Waals surface area contributed by atoms with E-state index in [4.69, 9.17) is 10.5 Å². The topological polar surface area (TPSA) is 91.7 Å². The molecule has 2 aliphatic carbocycles. The molecular formula is C20H37N5O2. The normalized spacial score (nSPS) is 39.9. The van der Waals surface area contributed by atoms with E-state index in [2.05, 4.69) is 20.9 Å². The molecule has 7 nitrogen and oxygen atoms in total. The maximum Gasteiger partial charge on any atom is 0.227 e. The highest BCUT2D eigenvalue weighted by molar-refractivity contribution is 5.81. The zero-order chi connectivity index (χ0) is 18.8. The van der Waals surface area contributed by atoms with Gasteiger partial charge in [-0.05, 0) is 32.1 Å². The van der Waals surface area contributed by atoms with Gasteiger partial charge in [0.15, 0.2) is 0 Å². The Morgan fingerprint density at radius 1 is 1.11 bits per heavy atom. The van der Waals surface area contributed by atoms with Crippen molar-refractivity contribution >= 4 is 5.91 Å². The van der Waals surface area contributed by atoms with E-state index in [-0.39, 0.29) is 30.2 Å². The predicted molar refractivity (Wildman–Crippen MR) is 105 cm³/mol. The molecule has 0 radical (unpaired) electrons. The summed E-state index contributed by atoms with van der Waals surface area (Å²) in [7, 11) is 1.73. The lowest BCUT2D eigenvalue weighted by Crippen LogP contribution is -2.69. The van der Waals surface area contributed by atoms with E-state index >= 15 is 0 Å². The Morgan fingerprint density at radius 2 is 1.78 bits per heavy atom. The Labute approximate surface area is 163 Å². The summed E-state index contributed by atoms with van der Waals surface area (Å²) in [6.45, 7) is 1.58. The monoisotopic (exact) mass is 379 g/mol. The number of nitrogens with two attached hydrogens (primary N) is 1. The van der Waals surface area contributed by atoms with Gasteiger partial charge in [-0.3, -0.25) is 15.0 Å². The molecule has 0 spiro atoms. The van der Waals surface area contributed by atoms with Gasteiger partial charge in [0.2, 0.25) is 5.91 Å². The van der Waals surface area contributed by atoms with Gasteiger partial charge in [-0.1, -0.05) is 25.7 Å². The van der Waals surface area contributed by atoms with Crippen molar-refractivity contribution in [1.29, 1.82) is 0 Å². The van der Waals surface area contributed by atoms with E-state index in [0.717, 1.165) is 32.4 Å². The zero-order valence-electron chi connectivity index (χ0n) is 16.7. The number of amides is 1. The maximum atomic E-state index is 13.2. The van der Waals surface area contributed by atoms with Crippen LogP contribution in [0.1, 0.15) is 57.8 Å². The second-order valence-electron chi connectivity index (χ2n) is 8.89. The van der Waals surface area contributed by atoms with Gasteiger partial charge in [0.05, 0.1) is 24.3 Å². The highest BCUT2D eigenvalue weighted by Crippen LogP contribution is 2.34. The molecule has 7 heteroatoms. The number of hydrogen-bond donors (Lipinski definition) is 4. The number of piperazine rings is 1. The number of carbonyl (C=O) groups excluding carboxylic acids is 1. The minimum atomic E-state index is -0.251. The standard InChI is InChI=1S/C20H37N5O2/c1-27-12-6-11-25-18(21)16(20(26)22-13-7-2-3-8-13)17-19(25)24-15-10-5-4-9-14(15)23-17/h13-19,23-24H,2-12,21H2,1H3,(H,22,26). The molecule has 154 valence electrons. The lowest BCUT2D eigenvalue weighted by Gasteiger charge is -2.46. The molecule has 6 atom stereocenters. The number of hydrogen-bond acceptors (Lipinski definition) is 6. The molecule has 5 N–H and O–H groups in total. The number of ether oxygens (including phenoxy) is 1. The number of nitrogens with one attached hydrogen (secondary N) is 3. The van der Waals surface area contributed by atoms with Gasteiger partial charge in [-0.15, -0.1) is 0 Å². The van der Waals surface area contributed by atoms with Crippen molar-refractivity contribution in [2.45, 2.75) is 94.3 Å². The molecule has 2 heterocycles. The van der Waals surface area contributed by atoms with E-state index in [0.29, 0.717) is 18.1 Å². The molecule has 4 rings (SSSR count). The lowest BCUT2D eigenvalue weighted by molar-refractivity contribution is -0.127. The second-order valence-corrected chi connectivity index (χ2v) is 8.89. The fourth-order valence-corrected chi connectivity index (χ4v) is 5.76. The van der Waals surface area contributed by atoms with Crippen LogP contribution in [-0.2, 0) is 9.53 Å². The largest absolute Gasteiger partial charge is 0.385 e. The third-order valence-corrected chi connectivity index (χ3v) is 7.16. The zero-order valence-corrected chi connectivity index (χ0v) is 16.7. The van der Waals surface area contributed by atoms with Crippen LogP contribution in [-0.4, -0.2) is 67.6 Å². The van der Waals surface area contributed by atoms with Gasteiger partial charge in [0.1, 0.15) is 0 Å². The van der Waals surface area contributed by atoms with Crippen LogP contribution in [0.5, 0.6) is 0 Å². The fraction of sp³-hybridized carbons (Fsp3) is 0.950. The number of likely N-dealkylation sites (tertiary alicyclic amines) is 1. The number of nitrogens with zero attached hydrogens (tertiary/aromatic N) is 1. The number of rotatable bonds is 6. The minimum absolute atomic E-state index is 0.0864. The van der Waals surface area contributed by atoms with Crippen molar-refractivity contribution in [3.8, 4) is 0 Å². The number of methoxy groups -OCH3 is 1. The van der Waals surface area contributed by atoms with Crippen LogP contribution in [0.15, 0.2) is 0 Å². The van der Waals surface area contributed by atoms with E-state index < -0.39 is 0 Å². The van der Waals surface area contributed by atoms with Crippen molar-refractivity contribution in [2.75, 3.05) is 20.3 Å². The van der Waals surface area contributed by atoms with Gasteiger partial charge in [-0.25, -0.2) is 0 Å². The summed E-state index contributed by atoms with van der Waals surface area (Å²) in [5, 5.41) is 11.0. The highest BCUT2D eigenvalue weighted by Gasteiger charge is 2.54. The molecule has 2 aliphatic heterocycles. The summed E-state index contributed by atoms with van der Waals surface area (Å²) in [5.74, 6) is -0.0595.